The summed E-state index contributed by atoms with van der Waals surface area (Å²) >= 11 is 13.1. The number of fused-ring (bicyclic) bond motifs is 4. The van der Waals surface area contributed by atoms with Gasteiger partial charge in [0.25, 0.3) is 5.91 Å². The van der Waals surface area contributed by atoms with Gasteiger partial charge in [-0.1, -0.05) is 35.3 Å². The summed E-state index contributed by atoms with van der Waals surface area (Å²) in [4.78, 5) is 36.7. The van der Waals surface area contributed by atoms with Gasteiger partial charge in [0.15, 0.2) is 5.82 Å². The van der Waals surface area contributed by atoms with Gasteiger partial charge >= 0.3 is 6.09 Å². The van der Waals surface area contributed by atoms with Crippen molar-refractivity contribution in [3.8, 4) is 28.5 Å². The summed E-state index contributed by atoms with van der Waals surface area (Å²) < 4.78 is 25.0. The highest BCUT2D eigenvalue weighted by molar-refractivity contribution is 6.43. The smallest absolute Gasteiger partial charge is 0.410 e. The fraction of sp³-hybridized carbons (Fsp3) is 0.342. The average Bonchev–Trinajstić information content (AvgIpc) is 3.96. The zero-order chi connectivity index (χ0) is 35.6. The highest BCUT2D eigenvalue weighted by Gasteiger charge is 2.50. The highest BCUT2D eigenvalue weighted by Crippen LogP contribution is 2.51. The topological polar surface area (TPSA) is 125 Å². The number of carbonyl (C=O) groups is 2. The second-order valence-corrected chi connectivity index (χ2v) is 14.2. The number of likely N-dealkylation sites (tertiary alicyclic amines) is 1. The summed E-state index contributed by atoms with van der Waals surface area (Å²) in [5, 5.41) is 17.7. The Morgan fingerprint density at radius 2 is 2.04 bits per heavy atom. The second kappa shape index (κ2) is 13.1. The molecular weight excluding hydrogens is 692 g/mol. The molecule has 4 aliphatic rings. The van der Waals surface area contributed by atoms with Crippen molar-refractivity contribution in [1.29, 1.82) is 5.26 Å². The lowest BCUT2D eigenvalue weighted by molar-refractivity contribution is 0.0958. The predicted octanol–water partition coefficient (Wildman–Crippen LogP) is 7.62. The number of rotatable bonds is 7. The number of hydrogen-bond acceptors (Lipinski definition) is 7. The lowest BCUT2D eigenvalue weighted by atomic mass is 9.79. The summed E-state index contributed by atoms with van der Waals surface area (Å²) in [5.41, 5.74) is 4.44. The lowest BCUT2D eigenvalue weighted by Crippen LogP contribution is -2.41. The second-order valence-electron chi connectivity index (χ2n) is 13.4. The van der Waals surface area contributed by atoms with Crippen molar-refractivity contribution in [2.45, 2.75) is 50.2 Å². The number of nitrogens with one attached hydrogen (secondary N) is 2. The summed E-state index contributed by atoms with van der Waals surface area (Å²) in [6.45, 7) is 1.42. The standard InChI is InChI=1S/C38H34Cl2FN7O3/c1-43-37(49)26-11-10-20(17-44-26)33-24-16-29(28-9-5-13-47(28)38(50)51-2)48(35-21-15-27(35)45-18-21)36(24)23-14-19(6-4-12-42)30(32(41)34(23)46-33)22-7-3-8-25(39)31(22)40/h3,7-8,10-11,14,16-17,21,27-28,35,45H,4-6,9,13,15,18H2,1-2H3,(H,43,49)/t21-,27-,28-,35+/m1/s1. The quantitative estimate of drug-likeness (QED) is 0.177. The van der Waals surface area contributed by atoms with Crippen molar-refractivity contribution in [2.75, 3.05) is 27.2 Å². The first-order chi connectivity index (χ1) is 24.7. The number of benzene rings is 2. The van der Waals surface area contributed by atoms with Gasteiger partial charge in [-0.05, 0) is 67.5 Å². The Kier molecular flexibility index (Phi) is 8.57. The molecule has 4 fully saturated rings. The molecule has 6 heterocycles. The number of aryl methyl sites for hydroxylation is 1. The summed E-state index contributed by atoms with van der Waals surface area (Å²) in [7, 11) is 2.93. The Morgan fingerprint density at radius 3 is 2.73 bits per heavy atom. The number of halogens is 3. The van der Waals surface area contributed by atoms with Gasteiger partial charge in [-0.25, -0.2) is 14.2 Å². The van der Waals surface area contributed by atoms with Crippen LogP contribution in [0.25, 0.3) is 44.2 Å². The summed E-state index contributed by atoms with van der Waals surface area (Å²) in [6.07, 6.45) is 4.19. The Bertz CT molecular complexity index is 2270. The van der Waals surface area contributed by atoms with Crippen LogP contribution in [0, 0.1) is 23.1 Å². The van der Waals surface area contributed by atoms with E-state index in [1.54, 1.807) is 41.4 Å². The minimum Gasteiger partial charge on any atom is -0.453 e. The summed E-state index contributed by atoms with van der Waals surface area (Å²) in [6, 6.07) is 14.7. The van der Waals surface area contributed by atoms with Crippen molar-refractivity contribution in [2.24, 2.45) is 5.92 Å². The van der Waals surface area contributed by atoms with E-state index in [-0.39, 0.29) is 63.7 Å². The van der Waals surface area contributed by atoms with Crippen molar-refractivity contribution in [3.05, 3.63) is 81.5 Å². The van der Waals surface area contributed by atoms with E-state index in [2.05, 4.69) is 32.3 Å². The minimum absolute atomic E-state index is 0.0671. The first-order valence-electron chi connectivity index (χ1n) is 17.0. The molecule has 1 aliphatic carbocycles. The molecular formula is C38H34Cl2FN7O3. The third kappa shape index (κ3) is 5.31. The SMILES string of the molecule is CNC(=O)c1ccc(-c2nc3c(F)c(-c4cccc(Cl)c4Cl)c(CCC#N)cc3c3c2cc([C@H]2CCCN2C(=O)OC)n3[C@H]2[C@H]3CN[C@@H]2C3)cn1. The number of methoxy groups -OCH3 is 1. The Balaban J connectivity index is 1.49. The Labute approximate surface area is 303 Å². The maximum atomic E-state index is 17.5. The predicted molar refractivity (Wildman–Crippen MR) is 193 cm³/mol. The van der Waals surface area contributed by atoms with Crippen LogP contribution in [0.2, 0.25) is 10.0 Å². The first-order valence-corrected chi connectivity index (χ1v) is 17.8. The van der Waals surface area contributed by atoms with Crippen LogP contribution in [0.3, 0.4) is 0 Å². The van der Waals surface area contributed by atoms with E-state index in [4.69, 9.17) is 32.9 Å². The molecule has 3 saturated heterocycles. The van der Waals surface area contributed by atoms with E-state index in [1.165, 1.54) is 14.2 Å². The van der Waals surface area contributed by atoms with Crippen molar-refractivity contribution >= 4 is 57.0 Å². The molecule has 0 radical (unpaired) electrons. The van der Waals surface area contributed by atoms with Crippen LogP contribution < -0.4 is 10.6 Å². The van der Waals surface area contributed by atoms with Crippen molar-refractivity contribution in [3.63, 3.8) is 0 Å². The molecule has 3 aromatic heterocycles. The van der Waals surface area contributed by atoms with Crippen molar-refractivity contribution in [1.82, 2.24) is 30.1 Å². The Morgan fingerprint density at radius 1 is 1.20 bits per heavy atom. The monoisotopic (exact) mass is 725 g/mol. The maximum Gasteiger partial charge on any atom is 0.410 e. The van der Waals surface area contributed by atoms with Gasteiger partial charge in [-0.15, -0.1) is 0 Å². The van der Waals surface area contributed by atoms with E-state index >= 15 is 4.39 Å². The highest BCUT2D eigenvalue weighted by atomic mass is 35.5. The van der Waals surface area contributed by atoms with E-state index in [1.807, 2.05) is 6.07 Å². The Hall–Kier alpha value is -4.76. The van der Waals surface area contributed by atoms with Crippen LogP contribution in [-0.2, 0) is 11.2 Å². The molecule has 4 atom stereocenters. The number of aromatic nitrogens is 3. The molecule has 0 spiro atoms. The minimum atomic E-state index is -0.580. The fourth-order valence-electron chi connectivity index (χ4n) is 8.37. The zero-order valence-electron chi connectivity index (χ0n) is 28.0. The number of nitrogens with zero attached hydrogens (tertiary/aromatic N) is 5. The van der Waals surface area contributed by atoms with Crippen LogP contribution in [0.1, 0.15) is 59.5 Å². The molecule has 260 valence electrons. The van der Waals surface area contributed by atoms with E-state index < -0.39 is 11.9 Å². The molecule has 9 rings (SSSR count). The molecule has 0 unspecified atom stereocenters. The van der Waals surface area contributed by atoms with Gasteiger partial charge < -0.3 is 19.9 Å². The van der Waals surface area contributed by atoms with Crippen LogP contribution >= 0.6 is 23.2 Å². The fourth-order valence-corrected chi connectivity index (χ4v) is 8.77. The van der Waals surface area contributed by atoms with Crippen LogP contribution in [-0.4, -0.2) is 64.7 Å². The molecule has 1 saturated carbocycles. The maximum absolute atomic E-state index is 17.5. The number of nitriles is 1. The largest absolute Gasteiger partial charge is 0.453 e. The van der Waals surface area contributed by atoms with Gasteiger partial charge in [0, 0.05) is 72.0 Å². The number of amides is 2. The first kappa shape index (κ1) is 33.4. The number of hydrogen-bond donors (Lipinski definition) is 2. The normalized spacial score (nSPS) is 20.8. The number of pyridine rings is 2. The average molecular weight is 727 g/mol. The van der Waals surface area contributed by atoms with Gasteiger partial charge in [0.1, 0.15) is 11.2 Å². The lowest BCUT2D eigenvalue weighted by Gasteiger charge is -2.39. The third-order valence-electron chi connectivity index (χ3n) is 10.7. The van der Waals surface area contributed by atoms with Gasteiger partial charge in [-0.2, -0.15) is 5.26 Å². The molecule has 13 heteroatoms. The van der Waals surface area contributed by atoms with Crippen LogP contribution in [0.15, 0.2) is 48.7 Å². The third-order valence-corrected chi connectivity index (χ3v) is 11.6. The van der Waals surface area contributed by atoms with E-state index in [9.17, 15) is 14.9 Å². The molecule has 2 bridgehead atoms. The van der Waals surface area contributed by atoms with Gasteiger partial charge in [0.05, 0.1) is 46.5 Å². The molecule has 2 amide bonds. The van der Waals surface area contributed by atoms with Gasteiger partial charge in [0.2, 0.25) is 0 Å². The van der Waals surface area contributed by atoms with Crippen LogP contribution in [0.4, 0.5) is 9.18 Å². The molecule has 5 aromatic rings. The number of carbonyl (C=O) groups excluding carboxylic acids is 2. The molecule has 2 aromatic carbocycles. The molecule has 2 N–H and O–H groups in total. The van der Waals surface area contributed by atoms with Crippen LogP contribution in [0.5, 0.6) is 0 Å². The number of ether oxygens (including phenoxy) is 1. The zero-order valence-corrected chi connectivity index (χ0v) is 29.5. The van der Waals surface area contributed by atoms with Crippen molar-refractivity contribution < 1.29 is 18.7 Å². The summed E-state index contributed by atoms with van der Waals surface area (Å²) in [5.74, 6) is -0.559. The van der Waals surface area contributed by atoms with Gasteiger partial charge in [-0.3, -0.25) is 14.7 Å². The molecule has 3 aliphatic heterocycles. The molecule has 10 nitrogen and oxygen atoms in total. The molecule has 51 heavy (non-hydrogen) atoms. The van der Waals surface area contributed by atoms with E-state index in [0.29, 0.717) is 40.2 Å². The van der Waals surface area contributed by atoms with E-state index in [0.717, 1.165) is 42.4 Å².